The highest BCUT2D eigenvalue weighted by atomic mass is 32.2. The fourth-order valence-electron chi connectivity index (χ4n) is 2.50. The first-order valence-corrected chi connectivity index (χ1v) is 8.20. The van der Waals surface area contributed by atoms with E-state index in [-0.39, 0.29) is 0 Å². The minimum atomic E-state index is 0.324. The summed E-state index contributed by atoms with van der Waals surface area (Å²) in [7, 11) is 3.35. The molecule has 0 aliphatic carbocycles. The van der Waals surface area contributed by atoms with E-state index in [0.717, 1.165) is 22.9 Å². The number of hydrogen-bond acceptors (Lipinski definition) is 4. The van der Waals surface area contributed by atoms with Crippen molar-refractivity contribution < 1.29 is 9.47 Å². The maximum absolute atomic E-state index is 5.40. The Morgan fingerprint density at radius 2 is 1.85 bits per heavy atom. The van der Waals surface area contributed by atoms with Crippen molar-refractivity contribution in [2.75, 3.05) is 31.0 Å². The van der Waals surface area contributed by atoms with E-state index >= 15 is 0 Å². The summed E-state index contributed by atoms with van der Waals surface area (Å²) in [5, 5.41) is 3.71. The quantitative estimate of drug-likeness (QED) is 0.911. The van der Waals surface area contributed by atoms with E-state index in [9.17, 15) is 0 Å². The second-order valence-corrected chi connectivity index (χ2v) is 7.18. The zero-order valence-corrected chi connectivity index (χ0v) is 13.9. The van der Waals surface area contributed by atoms with Crippen molar-refractivity contribution in [3.8, 4) is 11.5 Å². The number of aryl methyl sites for hydroxylation is 1. The molecular weight excluding hydrogens is 270 g/mol. The molecule has 0 aromatic heterocycles. The van der Waals surface area contributed by atoms with Gasteiger partial charge in [-0.15, -0.1) is 0 Å². The second kappa shape index (κ2) is 6.17. The maximum Gasteiger partial charge on any atom is 0.162 e. The van der Waals surface area contributed by atoms with E-state index in [1.807, 2.05) is 23.9 Å². The predicted molar refractivity (Wildman–Crippen MR) is 87.4 cm³/mol. The Balaban J connectivity index is 2.24. The lowest BCUT2D eigenvalue weighted by Gasteiger charge is -2.39. The van der Waals surface area contributed by atoms with Gasteiger partial charge in [-0.2, -0.15) is 11.8 Å². The monoisotopic (exact) mass is 295 g/mol. The molecule has 1 N–H and O–H groups in total. The number of hydrogen-bond donors (Lipinski definition) is 1. The van der Waals surface area contributed by atoms with Crippen molar-refractivity contribution in [3.63, 3.8) is 0 Å². The molecule has 20 heavy (non-hydrogen) atoms. The Kier molecular flexibility index (Phi) is 4.74. The number of rotatable bonds is 4. The van der Waals surface area contributed by atoms with Gasteiger partial charge in [-0.25, -0.2) is 0 Å². The minimum absolute atomic E-state index is 0.324. The molecule has 4 heteroatoms. The van der Waals surface area contributed by atoms with Crippen LogP contribution in [-0.2, 0) is 0 Å². The van der Waals surface area contributed by atoms with Gasteiger partial charge in [0.25, 0.3) is 0 Å². The Morgan fingerprint density at radius 1 is 1.20 bits per heavy atom. The Labute approximate surface area is 126 Å². The molecule has 1 aromatic rings. The first kappa shape index (κ1) is 15.4. The summed E-state index contributed by atoms with van der Waals surface area (Å²) in [6.07, 6.45) is 1.25. The molecule has 0 saturated carbocycles. The van der Waals surface area contributed by atoms with Crippen molar-refractivity contribution in [3.05, 3.63) is 17.7 Å². The Hall–Kier alpha value is -1.03. The zero-order valence-electron chi connectivity index (χ0n) is 13.1. The first-order valence-electron chi connectivity index (χ1n) is 7.05. The molecule has 3 nitrogen and oxygen atoms in total. The summed E-state index contributed by atoms with van der Waals surface area (Å²) < 4.78 is 10.7. The van der Waals surface area contributed by atoms with Crippen molar-refractivity contribution in [2.24, 2.45) is 5.41 Å². The van der Waals surface area contributed by atoms with Crippen LogP contribution < -0.4 is 14.8 Å². The van der Waals surface area contributed by atoms with Crippen LogP contribution in [0.2, 0.25) is 0 Å². The van der Waals surface area contributed by atoms with E-state index in [0.29, 0.717) is 11.5 Å². The highest BCUT2D eigenvalue weighted by Crippen LogP contribution is 2.38. The van der Waals surface area contributed by atoms with E-state index < -0.39 is 0 Å². The molecule has 1 atom stereocenters. The van der Waals surface area contributed by atoms with Crippen LogP contribution in [0.4, 0.5) is 5.69 Å². The lowest BCUT2D eigenvalue weighted by Crippen LogP contribution is -2.41. The molecule has 1 aliphatic heterocycles. The normalized spacial score (nSPS) is 21.4. The van der Waals surface area contributed by atoms with Crippen molar-refractivity contribution in [1.82, 2.24) is 0 Å². The number of ether oxygens (including phenoxy) is 2. The number of benzene rings is 1. The zero-order chi connectivity index (χ0) is 14.8. The predicted octanol–water partition coefficient (Wildman–Crippen LogP) is 3.96. The summed E-state index contributed by atoms with van der Waals surface area (Å²) in [6.45, 7) is 6.80. The summed E-state index contributed by atoms with van der Waals surface area (Å²) in [4.78, 5) is 0. The van der Waals surface area contributed by atoms with Gasteiger partial charge in [-0.1, -0.05) is 13.8 Å². The van der Waals surface area contributed by atoms with Crippen LogP contribution in [0.25, 0.3) is 0 Å². The number of methoxy groups -OCH3 is 2. The summed E-state index contributed by atoms with van der Waals surface area (Å²) in [5.74, 6) is 3.98. The average Bonchev–Trinajstić information content (AvgIpc) is 2.42. The lowest BCUT2D eigenvalue weighted by atomic mass is 9.82. The van der Waals surface area contributed by atoms with Crippen molar-refractivity contribution in [2.45, 2.75) is 33.2 Å². The molecule has 0 bridgehead atoms. The Morgan fingerprint density at radius 3 is 2.45 bits per heavy atom. The van der Waals surface area contributed by atoms with Gasteiger partial charge in [0.15, 0.2) is 11.5 Å². The molecule has 1 heterocycles. The topological polar surface area (TPSA) is 30.5 Å². The van der Waals surface area contributed by atoms with Crippen LogP contribution >= 0.6 is 11.8 Å². The largest absolute Gasteiger partial charge is 0.493 e. The van der Waals surface area contributed by atoms with Gasteiger partial charge in [0, 0.05) is 23.5 Å². The standard InChI is InChI=1S/C16H25NO2S/c1-11-8-13(18-4)14(19-5)9-12(11)17-15-10-20-7-6-16(15,2)3/h8-9,15,17H,6-7,10H2,1-5H3. The smallest absolute Gasteiger partial charge is 0.162 e. The fraction of sp³-hybridized carbons (Fsp3) is 0.625. The SMILES string of the molecule is COc1cc(C)c(NC2CSCCC2(C)C)cc1OC. The van der Waals surface area contributed by atoms with Crippen LogP contribution in [0, 0.1) is 12.3 Å². The van der Waals surface area contributed by atoms with E-state index in [1.54, 1.807) is 14.2 Å². The number of anilines is 1. The van der Waals surface area contributed by atoms with Crippen LogP contribution in [0.3, 0.4) is 0 Å². The van der Waals surface area contributed by atoms with Gasteiger partial charge in [-0.3, -0.25) is 0 Å². The van der Waals surface area contributed by atoms with E-state index in [1.165, 1.54) is 17.7 Å². The minimum Gasteiger partial charge on any atom is -0.493 e. The number of thioether (sulfide) groups is 1. The second-order valence-electron chi connectivity index (χ2n) is 6.03. The lowest BCUT2D eigenvalue weighted by molar-refractivity contribution is 0.305. The summed E-state index contributed by atoms with van der Waals surface area (Å²) in [6, 6.07) is 4.56. The van der Waals surface area contributed by atoms with Crippen LogP contribution in [0.1, 0.15) is 25.8 Å². The molecule has 112 valence electrons. The van der Waals surface area contributed by atoms with Gasteiger partial charge in [0.1, 0.15) is 0 Å². The molecule has 0 amide bonds. The molecule has 1 aliphatic rings. The van der Waals surface area contributed by atoms with Gasteiger partial charge in [0.05, 0.1) is 14.2 Å². The molecule has 1 saturated heterocycles. The van der Waals surface area contributed by atoms with Gasteiger partial charge >= 0.3 is 0 Å². The van der Waals surface area contributed by atoms with E-state index in [4.69, 9.17) is 9.47 Å². The summed E-state index contributed by atoms with van der Waals surface area (Å²) in [5.41, 5.74) is 2.66. The molecule has 1 fully saturated rings. The molecular formula is C16H25NO2S. The van der Waals surface area contributed by atoms with Gasteiger partial charge in [0.2, 0.25) is 0 Å². The summed E-state index contributed by atoms with van der Waals surface area (Å²) >= 11 is 2.03. The highest BCUT2D eigenvalue weighted by molar-refractivity contribution is 7.99. The van der Waals surface area contributed by atoms with Crippen LogP contribution in [-0.4, -0.2) is 31.8 Å². The molecule has 1 unspecified atom stereocenters. The first-order chi connectivity index (χ1) is 9.47. The molecule has 0 spiro atoms. The van der Waals surface area contributed by atoms with Crippen molar-refractivity contribution >= 4 is 17.4 Å². The van der Waals surface area contributed by atoms with Gasteiger partial charge < -0.3 is 14.8 Å². The van der Waals surface area contributed by atoms with Gasteiger partial charge in [-0.05, 0) is 36.1 Å². The molecule has 1 aromatic carbocycles. The van der Waals surface area contributed by atoms with Crippen LogP contribution in [0.5, 0.6) is 11.5 Å². The number of nitrogens with one attached hydrogen (secondary N) is 1. The third-order valence-electron chi connectivity index (χ3n) is 4.18. The Bertz CT molecular complexity index is 474. The average molecular weight is 295 g/mol. The molecule has 2 rings (SSSR count). The third-order valence-corrected chi connectivity index (χ3v) is 5.24. The highest BCUT2D eigenvalue weighted by Gasteiger charge is 2.32. The maximum atomic E-state index is 5.40. The molecule has 0 radical (unpaired) electrons. The third kappa shape index (κ3) is 3.17. The fourth-order valence-corrected chi connectivity index (χ4v) is 4.10. The van der Waals surface area contributed by atoms with Crippen molar-refractivity contribution in [1.29, 1.82) is 0 Å². The van der Waals surface area contributed by atoms with E-state index in [2.05, 4.69) is 26.1 Å². The van der Waals surface area contributed by atoms with Crippen LogP contribution in [0.15, 0.2) is 12.1 Å².